The second kappa shape index (κ2) is 5.26. The number of carbonyl (C=O) groups is 1. The van der Waals surface area contributed by atoms with Gasteiger partial charge in [0, 0.05) is 24.8 Å². The van der Waals surface area contributed by atoms with Crippen LogP contribution in [0.1, 0.15) is 20.8 Å². The summed E-state index contributed by atoms with van der Waals surface area (Å²) >= 11 is 0. The first kappa shape index (κ1) is 14.6. The Morgan fingerprint density at radius 1 is 1.25 bits per heavy atom. The molecule has 1 heterocycles. The fourth-order valence-corrected chi connectivity index (χ4v) is 1.92. The summed E-state index contributed by atoms with van der Waals surface area (Å²) in [6.07, 6.45) is -0.374. The maximum absolute atomic E-state index is 13.0. The van der Waals surface area contributed by atoms with Crippen molar-refractivity contribution in [3.05, 3.63) is 29.8 Å². The van der Waals surface area contributed by atoms with Gasteiger partial charge in [0.2, 0.25) is 0 Å². The van der Waals surface area contributed by atoms with E-state index in [0.29, 0.717) is 18.8 Å². The highest BCUT2D eigenvalue weighted by atomic mass is 19.1. The molecule has 1 aromatic carbocycles. The Balaban J connectivity index is 1.83. The monoisotopic (exact) mass is 284 g/mol. The van der Waals surface area contributed by atoms with Crippen LogP contribution < -0.4 is 5.32 Å². The number of likely N-dealkylation sites (tertiary alicyclic amines) is 1. The molecule has 0 unspecified atom stereocenters. The van der Waals surface area contributed by atoms with E-state index in [4.69, 9.17) is 4.74 Å². The molecule has 0 bridgehead atoms. The molecule has 110 valence electrons. The fraction of sp³-hybridized carbons (Fsp3) is 0.500. The minimum absolute atomic E-state index is 0.0243. The molecule has 0 aliphatic carbocycles. The van der Waals surface area contributed by atoms with E-state index in [-0.39, 0.29) is 12.1 Å². The van der Waals surface area contributed by atoms with E-state index in [1.165, 1.54) is 12.1 Å². The molecular weight excluding hydrogens is 266 g/mol. The largest absolute Gasteiger partial charge is 0.444 e. The summed E-state index contributed by atoms with van der Waals surface area (Å²) in [5.41, 5.74) is -0.155. The van der Waals surface area contributed by atoms with E-state index in [1.807, 2.05) is 0 Å². The van der Waals surface area contributed by atoms with Crippen molar-refractivity contribution in [1.29, 1.82) is 0 Å². The molecule has 2 rings (SSSR count). The minimum Gasteiger partial charge on any atom is -0.444 e. The van der Waals surface area contributed by atoms with E-state index >= 15 is 0 Å². The predicted molar refractivity (Wildman–Crippen MR) is 71.6 cm³/mol. The molecule has 0 aromatic heterocycles. The molecule has 1 aliphatic heterocycles. The quantitative estimate of drug-likeness (QED) is 0.907. The molecule has 4 nitrogen and oxygen atoms in total. The normalized spacial score (nSPS) is 15.8. The third kappa shape index (κ3) is 3.82. The lowest BCUT2D eigenvalue weighted by Gasteiger charge is -2.40. The zero-order valence-corrected chi connectivity index (χ0v) is 11.7. The van der Waals surface area contributed by atoms with Gasteiger partial charge in [0.25, 0.3) is 0 Å². The van der Waals surface area contributed by atoms with Crippen LogP contribution in [0.3, 0.4) is 0 Å². The van der Waals surface area contributed by atoms with Gasteiger partial charge in [0.15, 0.2) is 0 Å². The molecular formula is C14H18F2N2O2. The van der Waals surface area contributed by atoms with Gasteiger partial charge in [-0.3, -0.25) is 0 Å². The Morgan fingerprint density at radius 3 is 2.30 bits per heavy atom. The number of carbonyl (C=O) groups excluding carboxylic acids is 1. The van der Waals surface area contributed by atoms with Gasteiger partial charge in [-0.05, 0) is 32.9 Å². The van der Waals surface area contributed by atoms with E-state index in [9.17, 15) is 13.6 Å². The zero-order chi connectivity index (χ0) is 14.9. The highest BCUT2D eigenvalue weighted by Crippen LogP contribution is 2.20. The van der Waals surface area contributed by atoms with E-state index in [2.05, 4.69) is 5.32 Å². The number of benzene rings is 1. The number of nitrogens with one attached hydrogen (secondary N) is 1. The Labute approximate surface area is 116 Å². The van der Waals surface area contributed by atoms with Crippen LogP contribution in [0.2, 0.25) is 0 Å². The summed E-state index contributed by atoms with van der Waals surface area (Å²) in [6, 6.07) is 3.24. The lowest BCUT2D eigenvalue weighted by molar-refractivity contribution is 0.0105. The van der Waals surface area contributed by atoms with Gasteiger partial charge in [-0.15, -0.1) is 0 Å². The van der Waals surface area contributed by atoms with Crippen molar-refractivity contribution in [2.24, 2.45) is 0 Å². The molecule has 1 amide bonds. The summed E-state index contributed by atoms with van der Waals surface area (Å²) < 4.78 is 31.3. The Hall–Kier alpha value is -1.85. The van der Waals surface area contributed by atoms with Gasteiger partial charge < -0.3 is 15.0 Å². The van der Waals surface area contributed by atoms with Crippen molar-refractivity contribution in [2.45, 2.75) is 32.4 Å². The number of rotatable bonds is 2. The van der Waals surface area contributed by atoms with E-state index in [0.717, 1.165) is 6.07 Å². The van der Waals surface area contributed by atoms with Gasteiger partial charge in [-0.1, -0.05) is 0 Å². The summed E-state index contributed by atoms with van der Waals surface area (Å²) in [7, 11) is 0. The number of anilines is 1. The van der Waals surface area contributed by atoms with Crippen molar-refractivity contribution in [1.82, 2.24) is 4.90 Å². The SMILES string of the molecule is CC(C)(C)OC(=O)N1CC(Nc2cc(F)cc(F)c2)C1. The number of ether oxygens (including phenoxy) is 1. The van der Waals surface area contributed by atoms with Crippen molar-refractivity contribution in [2.75, 3.05) is 18.4 Å². The topological polar surface area (TPSA) is 41.6 Å². The summed E-state index contributed by atoms with van der Waals surface area (Å²) in [5.74, 6) is -1.26. The molecule has 1 aliphatic rings. The molecule has 0 radical (unpaired) electrons. The molecule has 1 N–H and O–H groups in total. The fourth-order valence-electron chi connectivity index (χ4n) is 1.92. The Bertz CT molecular complexity index is 488. The van der Waals surface area contributed by atoms with Crippen LogP contribution in [-0.2, 0) is 4.74 Å². The number of nitrogens with zero attached hydrogens (tertiary/aromatic N) is 1. The highest BCUT2D eigenvalue weighted by Gasteiger charge is 2.33. The van der Waals surface area contributed by atoms with Crippen molar-refractivity contribution in [3.8, 4) is 0 Å². The van der Waals surface area contributed by atoms with Crippen LogP contribution >= 0.6 is 0 Å². The van der Waals surface area contributed by atoms with Crippen LogP contribution in [0, 0.1) is 11.6 Å². The molecule has 1 aromatic rings. The Morgan fingerprint density at radius 2 is 1.80 bits per heavy atom. The number of hydrogen-bond acceptors (Lipinski definition) is 3. The first-order chi connectivity index (χ1) is 9.23. The number of hydrogen-bond donors (Lipinski definition) is 1. The average molecular weight is 284 g/mol. The molecule has 1 saturated heterocycles. The van der Waals surface area contributed by atoms with E-state index in [1.54, 1.807) is 25.7 Å². The van der Waals surface area contributed by atoms with Gasteiger partial charge in [0.05, 0.1) is 6.04 Å². The maximum atomic E-state index is 13.0. The molecule has 20 heavy (non-hydrogen) atoms. The van der Waals surface area contributed by atoms with Crippen LogP contribution in [0.4, 0.5) is 19.3 Å². The second-order valence-electron chi connectivity index (χ2n) is 5.88. The third-order valence-corrected chi connectivity index (χ3v) is 2.77. The summed E-state index contributed by atoms with van der Waals surface area (Å²) in [6.45, 7) is 6.31. The minimum atomic E-state index is -0.629. The van der Waals surface area contributed by atoms with Gasteiger partial charge >= 0.3 is 6.09 Å². The molecule has 0 atom stereocenters. The maximum Gasteiger partial charge on any atom is 0.410 e. The van der Waals surface area contributed by atoms with Crippen LogP contribution in [-0.4, -0.2) is 35.7 Å². The number of amides is 1. The summed E-state index contributed by atoms with van der Waals surface area (Å²) in [4.78, 5) is 13.2. The third-order valence-electron chi connectivity index (χ3n) is 2.77. The summed E-state index contributed by atoms with van der Waals surface area (Å²) in [5, 5.41) is 2.98. The first-order valence-electron chi connectivity index (χ1n) is 6.43. The molecule has 1 fully saturated rings. The van der Waals surface area contributed by atoms with Gasteiger partial charge in [0.1, 0.15) is 17.2 Å². The Kier molecular flexibility index (Phi) is 3.83. The second-order valence-corrected chi connectivity index (χ2v) is 5.88. The first-order valence-corrected chi connectivity index (χ1v) is 6.43. The predicted octanol–water partition coefficient (Wildman–Crippen LogP) is 3.00. The van der Waals surface area contributed by atoms with Crippen molar-refractivity contribution >= 4 is 11.8 Å². The van der Waals surface area contributed by atoms with Crippen LogP contribution in [0.25, 0.3) is 0 Å². The van der Waals surface area contributed by atoms with Gasteiger partial charge in [-0.25, -0.2) is 13.6 Å². The van der Waals surface area contributed by atoms with Crippen molar-refractivity contribution in [3.63, 3.8) is 0 Å². The lowest BCUT2D eigenvalue weighted by Crippen LogP contribution is -2.57. The van der Waals surface area contributed by atoms with Crippen LogP contribution in [0.5, 0.6) is 0 Å². The van der Waals surface area contributed by atoms with Gasteiger partial charge in [-0.2, -0.15) is 0 Å². The van der Waals surface area contributed by atoms with Crippen LogP contribution in [0.15, 0.2) is 18.2 Å². The number of halogens is 2. The van der Waals surface area contributed by atoms with Crippen molar-refractivity contribution < 1.29 is 18.3 Å². The highest BCUT2D eigenvalue weighted by molar-refractivity contribution is 5.69. The molecule has 0 saturated carbocycles. The standard InChI is InChI=1S/C14H18F2N2O2/c1-14(2,3)20-13(19)18-7-12(8-18)17-11-5-9(15)4-10(16)6-11/h4-6,12,17H,7-8H2,1-3H3. The average Bonchev–Trinajstić information content (AvgIpc) is 2.18. The molecule has 0 spiro atoms. The zero-order valence-electron chi connectivity index (χ0n) is 11.7. The van der Waals surface area contributed by atoms with E-state index < -0.39 is 17.2 Å². The smallest absolute Gasteiger partial charge is 0.410 e. The molecule has 6 heteroatoms. The lowest BCUT2D eigenvalue weighted by atomic mass is 10.1.